The van der Waals surface area contributed by atoms with Crippen molar-refractivity contribution in [1.82, 2.24) is 9.97 Å². The van der Waals surface area contributed by atoms with Gasteiger partial charge in [-0.1, -0.05) is 0 Å². The third-order valence-electron chi connectivity index (χ3n) is 2.02. The number of rotatable bonds is 2. The number of carbonyl (C=O) groups is 1. The highest BCUT2D eigenvalue weighted by Gasteiger charge is 2.21. The number of aryl methyl sites for hydroxylation is 1. The molecule has 1 aromatic heterocycles. The van der Waals surface area contributed by atoms with Crippen LogP contribution in [-0.2, 0) is 17.6 Å². The van der Waals surface area contributed by atoms with E-state index in [2.05, 4.69) is 9.97 Å². The number of fused-ring (bicyclic) bond motifs is 1. The summed E-state index contributed by atoms with van der Waals surface area (Å²) in [6, 6.07) is 0. The standard InChI is InChI=1S/C9H10N2O3/c1-5-10-6-2-3-14-9(6)7(11-5)4-8(12)13/h2-4H2,1H3,(H,12,13). The van der Waals surface area contributed by atoms with Gasteiger partial charge in [0.2, 0.25) is 0 Å². The quantitative estimate of drug-likeness (QED) is 0.735. The largest absolute Gasteiger partial charge is 0.489 e. The Kier molecular flexibility index (Phi) is 2.07. The molecule has 1 aliphatic heterocycles. The summed E-state index contributed by atoms with van der Waals surface area (Å²) in [5, 5.41) is 8.67. The van der Waals surface area contributed by atoms with Crippen LogP contribution in [0.4, 0.5) is 0 Å². The van der Waals surface area contributed by atoms with Crippen LogP contribution in [0.2, 0.25) is 0 Å². The first kappa shape index (κ1) is 8.93. The van der Waals surface area contributed by atoms with Crippen molar-refractivity contribution in [3.63, 3.8) is 0 Å². The smallest absolute Gasteiger partial charge is 0.309 e. The number of carboxylic acid groups (broad SMARTS) is 1. The fraction of sp³-hybridized carbons (Fsp3) is 0.444. The summed E-state index contributed by atoms with van der Waals surface area (Å²) < 4.78 is 5.30. The molecule has 5 heteroatoms. The molecule has 1 aliphatic rings. The molecule has 0 aliphatic carbocycles. The average molecular weight is 194 g/mol. The summed E-state index contributed by atoms with van der Waals surface area (Å²) in [6.45, 7) is 2.32. The van der Waals surface area contributed by atoms with Crippen LogP contribution in [-0.4, -0.2) is 27.7 Å². The van der Waals surface area contributed by atoms with Gasteiger partial charge in [-0.3, -0.25) is 4.79 Å². The van der Waals surface area contributed by atoms with Crippen LogP contribution in [0.25, 0.3) is 0 Å². The van der Waals surface area contributed by atoms with E-state index >= 15 is 0 Å². The molecule has 0 unspecified atom stereocenters. The first-order valence-electron chi connectivity index (χ1n) is 4.38. The van der Waals surface area contributed by atoms with E-state index in [0.29, 0.717) is 23.9 Å². The lowest BCUT2D eigenvalue weighted by atomic mass is 10.2. The van der Waals surface area contributed by atoms with Crippen LogP contribution in [0.15, 0.2) is 0 Å². The second kappa shape index (κ2) is 3.25. The maximum Gasteiger partial charge on any atom is 0.309 e. The molecule has 1 aromatic rings. The maximum absolute atomic E-state index is 10.6. The molecule has 0 aromatic carbocycles. The van der Waals surface area contributed by atoms with Crippen molar-refractivity contribution in [3.05, 3.63) is 17.2 Å². The lowest BCUT2D eigenvalue weighted by Crippen LogP contribution is -2.06. The van der Waals surface area contributed by atoms with E-state index in [9.17, 15) is 4.79 Å². The third-order valence-corrected chi connectivity index (χ3v) is 2.02. The first-order chi connectivity index (χ1) is 6.66. The molecule has 0 saturated heterocycles. The molecule has 0 spiro atoms. The molecule has 5 nitrogen and oxygen atoms in total. The van der Waals surface area contributed by atoms with E-state index in [-0.39, 0.29) is 6.42 Å². The molecule has 0 bridgehead atoms. The zero-order valence-corrected chi connectivity index (χ0v) is 7.78. The van der Waals surface area contributed by atoms with Gasteiger partial charge in [0, 0.05) is 6.42 Å². The molecule has 14 heavy (non-hydrogen) atoms. The van der Waals surface area contributed by atoms with Gasteiger partial charge in [0.1, 0.15) is 5.82 Å². The number of nitrogens with zero attached hydrogens (tertiary/aromatic N) is 2. The number of hydrogen-bond donors (Lipinski definition) is 1. The molecule has 2 heterocycles. The lowest BCUT2D eigenvalue weighted by Gasteiger charge is -2.05. The van der Waals surface area contributed by atoms with E-state index in [1.54, 1.807) is 6.92 Å². The van der Waals surface area contributed by atoms with Crippen molar-refractivity contribution < 1.29 is 14.6 Å². The van der Waals surface area contributed by atoms with Crippen molar-refractivity contribution >= 4 is 5.97 Å². The summed E-state index contributed by atoms with van der Waals surface area (Å²) in [5.74, 6) is 0.268. The van der Waals surface area contributed by atoms with Crippen LogP contribution in [0.1, 0.15) is 17.2 Å². The number of aromatic nitrogens is 2. The minimum Gasteiger partial charge on any atom is -0.489 e. The summed E-state index contributed by atoms with van der Waals surface area (Å²) in [6.07, 6.45) is 0.636. The fourth-order valence-corrected chi connectivity index (χ4v) is 1.53. The molecule has 74 valence electrons. The molecular weight excluding hydrogens is 184 g/mol. The van der Waals surface area contributed by atoms with Gasteiger partial charge >= 0.3 is 5.97 Å². The Bertz CT molecular complexity index is 390. The number of ether oxygens (including phenoxy) is 1. The Morgan fingerprint density at radius 1 is 1.57 bits per heavy atom. The topological polar surface area (TPSA) is 72.3 Å². The fourth-order valence-electron chi connectivity index (χ4n) is 1.53. The SMILES string of the molecule is Cc1nc2c(c(CC(=O)O)n1)OCC2. The Morgan fingerprint density at radius 3 is 3.07 bits per heavy atom. The Morgan fingerprint density at radius 2 is 2.36 bits per heavy atom. The molecule has 0 saturated carbocycles. The minimum absolute atomic E-state index is 0.105. The molecule has 1 N–H and O–H groups in total. The van der Waals surface area contributed by atoms with Gasteiger partial charge < -0.3 is 9.84 Å². The summed E-state index contributed by atoms with van der Waals surface area (Å²) in [4.78, 5) is 18.8. The monoisotopic (exact) mass is 194 g/mol. The zero-order chi connectivity index (χ0) is 10.1. The summed E-state index contributed by atoms with van der Waals surface area (Å²) in [5.41, 5.74) is 1.31. The predicted molar refractivity (Wildman–Crippen MR) is 47.3 cm³/mol. The van der Waals surface area contributed by atoms with Gasteiger partial charge in [-0.05, 0) is 6.92 Å². The van der Waals surface area contributed by atoms with Crippen molar-refractivity contribution in [2.75, 3.05) is 6.61 Å². The van der Waals surface area contributed by atoms with Crippen molar-refractivity contribution in [1.29, 1.82) is 0 Å². The van der Waals surface area contributed by atoms with E-state index in [1.165, 1.54) is 0 Å². The molecule has 0 amide bonds. The summed E-state index contributed by atoms with van der Waals surface area (Å²) >= 11 is 0. The van der Waals surface area contributed by atoms with Gasteiger partial charge in [0.15, 0.2) is 5.75 Å². The van der Waals surface area contributed by atoms with E-state index in [0.717, 1.165) is 12.1 Å². The van der Waals surface area contributed by atoms with E-state index in [1.807, 2.05) is 0 Å². The van der Waals surface area contributed by atoms with Gasteiger partial charge in [-0.15, -0.1) is 0 Å². The van der Waals surface area contributed by atoms with Gasteiger partial charge in [0.05, 0.1) is 24.4 Å². The second-order valence-corrected chi connectivity index (χ2v) is 3.16. The van der Waals surface area contributed by atoms with Crippen LogP contribution >= 0.6 is 0 Å². The van der Waals surface area contributed by atoms with Gasteiger partial charge in [0.25, 0.3) is 0 Å². The summed E-state index contributed by atoms with van der Waals surface area (Å²) in [7, 11) is 0. The van der Waals surface area contributed by atoms with Gasteiger partial charge in [-0.2, -0.15) is 0 Å². The number of carboxylic acids is 1. The van der Waals surface area contributed by atoms with Crippen LogP contribution in [0.5, 0.6) is 5.75 Å². The second-order valence-electron chi connectivity index (χ2n) is 3.16. The average Bonchev–Trinajstić information content (AvgIpc) is 2.50. The first-order valence-corrected chi connectivity index (χ1v) is 4.38. The molecule has 0 fully saturated rings. The highest BCUT2D eigenvalue weighted by molar-refractivity contribution is 5.70. The van der Waals surface area contributed by atoms with E-state index in [4.69, 9.17) is 9.84 Å². The van der Waals surface area contributed by atoms with E-state index < -0.39 is 5.97 Å². The highest BCUT2D eigenvalue weighted by Crippen LogP contribution is 2.26. The Labute approximate surface area is 80.8 Å². The Balaban J connectivity index is 2.43. The molecule has 2 rings (SSSR count). The maximum atomic E-state index is 10.6. The predicted octanol–water partition coefficient (Wildman–Crippen LogP) is 0.347. The lowest BCUT2D eigenvalue weighted by molar-refractivity contribution is -0.136. The normalized spacial score (nSPS) is 13.5. The number of aliphatic carboxylic acids is 1. The van der Waals surface area contributed by atoms with Crippen molar-refractivity contribution in [2.24, 2.45) is 0 Å². The number of hydrogen-bond acceptors (Lipinski definition) is 4. The van der Waals surface area contributed by atoms with Crippen LogP contribution in [0.3, 0.4) is 0 Å². The van der Waals surface area contributed by atoms with Crippen molar-refractivity contribution in [3.8, 4) is 5.75 Å². The van der Waals surface area contributed by atoms with Crippen LogP contribution in [0, 0.1) is 6.92 Å². The molecular formula is C9H10N2O3. The molecule has 0 radical (unpaired) electrons. The van der Waals surface area contributed by atoms with Crippen LogP contribution < -0.4 is 4.74 Å². The minimum atomic E-state index is -0.902. The zero-order valence-electron chi connectivity index (χ0n) is 7.78. The highest BCUT2D eigenvalue weighted by atomic mass is 16.5. The Hall–Kier alpha value is -1.65. The molecule has 0 atom stereocenters. The van der Waals surface area contributed by atoms with Crippen molar-refractivity contribution in [2.45, 2.75) is 19.8 Å². The third kappa shape index (κ3) is 1.53. The van der Waals surface area contributed by atoms with Gasteiger partial charge in [-0.25, -0.2) is 9.97 Å².